The zero-order valence-corrected chi connectivity index (χ0v) is 12.7. The summed E-state index contributed by atoms with van der Waals surface area (Å²) in [6.45, 7) is 3.81. The van der Waals surface area contributed by atoms with Crippen molar-refractivity contribution in [3.8, 4) is 0 Å². The van der Waals surface area contributed by atoms with E-state index in [9.17, 15) is 4.79 Å². The summed E-state index contributed by atoms with van der Waals surface area (Å²) in [5.41, 5.74) is 1.43. The zero-order chi connectivity index (χ0) is 13.4. The van der Waals surface area contributed by atoms with Crippen LogP contribution >= 0.6 is 27.5 Å². The average Bonchev–Trinajstić information content (AvgIpc) is 2.36. The Morgan fingerprint density at radius 2 is 2.22 bits per heavy atom. The third kappa shape index (κ3) is 4.96. The second-order valence-corrected chi connectivity index (χ2v) is 5.02. The summed E-state index contributed by atoms with van der Waals surface area (Å²) < 4.78 is 5.29. The standard InChI is InChI=1S/C13H17BrClNO2/c1-10-4-2-5-11(12(10)15)13(17)16-7-3-8-18-9-6-14/h2,4-5H,3,6-9H2,1H3,(H,16,17). The molecule has 0 atom stereocenters. The van der Waals surface area contributed by atoms with E-state index in [1.807, 2.05) is 19.1 Å². The molecule has 1 aromatic carbocycles. The van der Waals surface area contributed by atoms with Crippen LogP contribution in [0.3, 0.4) is 0 Å². The van der Waals surface area contributed by atoms with Gasteiger partial charge in [0.2, 0.25) is 0 Å². The molecule has 0 radical (unpaired) electrons. The highest BCUT2D eigenvalue weighted by Gasteiger charge is 2.10. The number of benzene rings is 1. The van der Waals surface area contributed by atoms with Gasteiger partial charge in [0.15, 0.2) is 0 Å². The molecule has 5 heteroatoms. The minimum atomic E-state index is -0.135. The number of aryl methyl sites for hydroxylation is 1. The molecule has 0 aliphatic carbocycles. The molecule has 0 aliphatic rings. The molecule has 0 unspecified atom stereocenters. The average molecular weight is 335 g/mol. The number of hydrogen-bond donors (Lipinski definition) is 1. The van der Waals surface area contributed by atoms with E-state index in [1.54, 1.807) is 6.07 Å². The molecule has 0 fully saturated rings. The maximum Gasteiger partial charge on any atom is 0.252 e. The Morgan fingerprint density at radius 3 is 2.94 bits per heavy atom. The van der Waals surface area contributed by atoms with E-state index in [1.165, 1.54) is 0 Å². The first-order valence-corrected chi connectivity index (χ1v) is 7.33. The summed E-state index contributed by atoms with van der Waals surface area (Å²) in [7, 11) is 0. The van der Waals surface area contributed by atoms with Crippen molar-refractivity contribution in [1.82, 2.24) is 5.32 Å². The van der Waals surface area contributed by atoms with Gasteiger partial charge >= 0.3 is 0 Å². The molecule has 0 heterocycles. The summed E-state index contributed by atoms with van der Waals surface area (Å²) in [6.07, 6.45) is 0.794. The monoisotopic (exact) mass is 333 g/mol. The highest BCUT2D eigenvalue weighted by molar-refractivity contribution is 9.09. The Labute approximate surface area is 121 Å². The van der Waals surface area contributed by atoms with Gasteiger partial charge in [0, 0.05) is 18.5 Å². The second-order valence-electron chi connectivity index (χ2n) is 3.85. The molecule has 18 heavy (non-hydrogen) atoms. The van der Waals surface area contributed by atoms with Gasteiger partial charge in [0.25, 0.3) is 5.91 Å². The van der Waals surface area contributed by atoms with E-state index in [0.29, 0.717) is 30.3 Å². The molecule has 100 valence electrons. The molecule has 0 spiro atoms. The van der Waals surface area contributed by atoms with Gasteiger partial charge in [-0.05, 0) is 25.0 Å². The third-order valence-corrected chi connectivity index (χ3v) is 3.23. The lowest BCUT2D eigenvalue weighted by molar-refractivity contribution is 0.0945. The van der Waals surface area contributed by atoms with Crippen LogP contribution in [0.2, 0.25) is 5.02 Å². The van der Waals surface area contributed by atoms with Crippen molar-refractivity contribution in [2.45, 2.75) is 13.3 Å². The first-order valence-electron chi connectivity index (χ1n) is 5.84. The van der Waals surface area contributed by atoms with E-state index in [2.05, 4.69) is 21.2 Å². The van der Waals surface area contributed by atoms with Gasteiger partial charge in [-0.2, -0.15) is 0 Å². The Hall–Kier alpha value is -0.580. The molecule has 1 N–H and O–H groups in total. The molecular formula is C13H17BrClNO2. The van der Waals surface area contributed by atoms with Crippen molar-refractivity contribution < 1.29 is 9.53 Å². The molecule has 3 nitrogen and oxygen atoms in total. The highest BCUT2D eigenvalue weighted by Crippen LogP contribution is 2.19. The number of carbonyl (C=O) groups is 1. The number of nitrogens with one attached hydrogen (secondary N) is 1. The van der Waals surface area contributed by atoms with Crippen molar-refractivity contribution in [1.29, 1.82) is 0 Å². The number of alkyl halides is 1. The fraction of sp³-hybridized carbons (Fsp3) is 0.462. The Balaban J connectivity index is 2.35. The van der Waals surface area contributed by atoms with Gasteiger partial charge in [-0.15, -0.1) is 0 Å². The summed E-state index contributed by atoms with van der Waals surface area (Å²) in [4.78, 5) is 11.9. The molecule has 0 aromatic heterocycles. The molecule has 0 bridgehead atoms. The van der Waals surface area contributed by atoms with Crippen molar-refractivity contribution in [3.63, 3.8) is 0 Å². The fourth-order valence-electron chi connectivity index (χ4n) is 1.45. The lowest BCUT2D eigenvalue weighted by Crippen LogP contribution is -2.25. The largest absolute Gasteiger partial charge is 0.381 e. The van der Waals surface area contributed by atoms with Crippen LogP contribution in [0.25, 0.3) is 0 Å². The predicted octanol–water partition coefficient (Wildman–Crippen LogP) is 3.18. The zero-order valence-electron chi connectivity index (χ0n) is 10.3. The molecule has 1 rings (SSSR count). The van der Waals surface area contributed by atoms with Gasteiger partial charge in [0.1, 0.15) is 0 Å². The number of hydrogen-bond acceptors (Lipinski definition) is 2. The van der Waals surface area contributed by atoms with E-state index in [4.69, 9.17) is 16.3 Å². The smallest absolute Gasteiger partial charge is 0.252 e. The Morgan fingerprint density at radius 1 is 1.44 bits per heavy atom. The number of carbonyl (C=O) groups excluding carboxylic acids is 1. The van der Waals surface area contributed by atoms with Crippen LogP contribution in [0.5, 0.6) is 0 Å². The van der Waals surface area contributed by atoms with Crippen LogP contribution in [0.1, 0.15) is 22.3 Å². The fourth-order valence-corrected chi connectivity index (χ4v) is 1.89. The Bertz CT molecular complexity index is 399. The van der Waals surface area contributed by atoms with Crippen molar-refractivity contribution in [2.24, 2.45) is 0 Å². The SMILES string of the molecule is Cc1cccc(C(=O)NCCCOCCBr)c1Cl. The lowest BCUT2D eigenvalue weighted by Gasteiger charge is -2.08. The topological polar surface area (TPSA) is 38.3 Å². The third-order valence-electron chi connectivity index (χ3n) is 2.41. The minimum Gasteiger partial charge on any atom is -0.381 e. The van der Waals surface area contributed by atoms with E-state index < -0.39 is 0 Å². The van der Waals surface area contributed by atoms with E-state index in [-0.39, 0.29) is 5.91 Å². The molecule has 0 saturated heterocycles. The number of ether oxygens (including phenoxy) is 1. The highest BCUT2D eigenvalue weighted by atomic mass is 79.9. The predicted molar refractivity (Wildman–Crippen MR) is 77.8 cm³/mol. The normalized spacial score (nSPS) is 10.4. The maximum atomic E-state index is 11.9. The van der Waals surface area contributed by atoms with Gasteiger partial charge in [-0.3, -0.25) is 4.79 Å². The van der Waals surface area contributed by atoms with Crippen LogP contribution in [0.4, 0.5) is 0 Å². The van der Waals surface area contributed by atoms with Crippen LogP contribution in [0.15, 0.2) is 18.2 Å². The number of rotatable bonds is 7. The van der Waals surface area contributed by atoms with Crippen LogP contribution in [-0.4, -0.2) is 31.0 Å². The molecule has 1 amide bonds. The van der Waals surface area contributed by atoms with Gasteiger partial charge in [-0.1, -0.05) is 39.7 Å². The van der Waals surface area contributed by atoms with Crippen molar-refractivity contribution in [2.75, 3.05) is 25.1 Å². The van der Waals surface area contributed by atoms with E-state index in [0.717, 1.165) is 17.3 Å². The lowest BCUT2D eigenvalue weighted by atomic mass is 10.1. The molecule has 0 aliphatic heterocycles. The summed E-state index contributed by atoms with van der Waals surface area (Å²) in [5.74, 6) is -0.135. The number of halogens is 2. The maximum absolute atomic E-state index is 11.9. The number of amides is 1. The second kappa shape index (κ2) is 8.51. The van der Waals surface area contributed by atoms with E-state index >= 15 is 0 Å². The van der Waals surface area contributed by atoms with Gasteiger partial charge < -0.3 is 10.1 Å². The van der Waals surface area contributed by atoms with Crippen LogP contribution in [-0.2, 0) is 4.74 Å². The van der Waals surface area contributed by atoms with Crippen LogP contribution < -0.4 is 5.32 Å². The van der Waals surface area contributed by atoms with Crippen molar-refractivity contribution >= 4 is 33.4 Å². The summed E-state index contributed by atoms with van der Waals surface area (Å²) >= 11 is 9.36. The minimum absolute atomic E-state index is 0.135. The van der Waals surface area contributed by atoms with Crippen molar-refractivity contribution in [3.05, 3.63) is 34.3 Å². The summed E-state index contributed by atoms with van der Waals surface area (Å²) in [6, 6.07) is 5.44. The quantitative estimate of drug-likeness (QED) is 0.614. The first-order chi connectivity index (χ1) is 8.66. The molecule has 1 aromatic rings. The molecular weight excluding hydrogens is 318 g/mol. The molecule has 0 saturated carbocycles. The van der Waals surface area contributed by atoms with Gasteiger partial charge in [-0.25, -0.2) is 0 Å². The van der Waals surface area contributed by atoms with Crippen LogP contribution in [0, 0.1) is 6.92 Å². The first kappa shape index (κ1) is 15.5. The Kier molecular flexibility index (Phi) is 7.32. The summed E-state index contributed by atoms with van der Waals surface area (Å²) in [5, 5.41) is 4.18. The van der Waals surface area contributed by atoms with Gasteiger partial charge in [0.05, 0.1) is 17.2 Å².